The zero-order valence-electron chi connectivity index (χ0n) is 24.2. The van der Waals surface area contributed by atoms with Gasteiger partial charge in [-0.1, -0.05) is 44.2 Å². The van der Waals surface area contributed by atoms with Crippen LogP contribution in [-0.4, -0.2) is 56.4 Å². The van der Waals surface area contributed by atoms with E-state index in [-0.39, 0.29) is 35.3 Å². The Morgan fingerprint density at radius 1 is 1.27 bits per heavy atom. The molecule has 5 nitrogen and oxygen atoms in total. The van der Waals surface area contributed by atoms with Gasteiger partial charge in [-0.15, -0.1) is 0 Å². The van der Waals surface area contributed by atoms with Crippen molar-refractivity contribution in [3.05, 3.63) is 81.4 Å². The van der Waals surface area contributed by atoms with Gasteiger partial charge >= 0.3 is 5.97 Å². The molecule has 0 aromatic carbocycles. The standard InChI is InChI=1S/C31H42ClF3N2O3/c1-7-31(19-40-6,18-37(5)27(22(4)32)13-9-21(3)30(38)39)14-15-36-17-23-10-8-20(2)16-25(23)24-11-12-26(33)29(35)28(24)34/h8-10,13,20,36H,3,7,11-12,14-19H2,1-2,4-6H3,(H,38,39)/b13-9-,27-22-. The fourth-order valence-electron chi connectivity index (χ4n) is 5.19. The number of nitrogens with one attached hydrogen (secondary N) is 1. The number of methoxy groups -OCH3 is 1. The van der Waals surface area contributed by atoms with Crippen molar-refractivity contribution in [3.8, 4) is 0 Å². The van der Waals surface area contributed by atoms with Gasteiger partial charge in [0.1, 0.15) is 5.83 Å². The van der Waals surface area contributed by atoms with Crippen LogP contribution in [0.2, 0.25) is 0 Å². The fourth-order valence-corrected chi connectivity index (χ4v) is 5.40. The molecule has 2 rings (SSSR count). The first-order valence-corrected chi connectivity index (χ1v) is 13.9. The lowest BCUT2D eigenvalue weighted by atomic mass is 9.81. The minimum Gasteiger partial charge on any atom is -0.478 e. The summed E-state index contributed by atoms with van der Waals surface area (Å²) in [6, 6.07) is 0. The Kier molecular flexibility index (Phi) is 13.0. The average molecular weight is 583 g/mol. The molecule has 0 saturated heterocycles. The average Bonchev–Trinajstić information content (AvgIpc) is 2.90. The van der Waals surface area contributed by atoms with Crippen molar-refractivity contribution < 1.29 is 27.8 Å². The molecular formula is C31H42ClF3N2O3. The second kappa shape index (κ2) is 15.5. The Morgan fingerprint density at radius 2 is 1.98 bits per heavy atom. The summed E-state index contributed by atoms with van der Waals surface area (Å²) in [5, 5.41) is 13.1. The zero-order valence-corrected chi connectivity index (χ0v) is 24.9. The summed E-state index contributed by atoms with van der Waals surface area (Å²) in [6.45, 7) is 11.6. The van der Waals surface area contributed by atoms with E-state index in [1.54, 1.807) is 20.1 Å². The molecule has 0 bridgehead atoms. The summed E-state index contributed by atoms with van der Waals surface area (Å²) < 4.78 is 48.0. The number of hydrogen-bond donors (Lipinski definition) is 2. The second-order valence-corrected chi connectivity index (χ2v) is 11.3. The molecule has 0 aliphatic heterocycles. The van der Waals surface area contributed by atoms with Crippen LogP contribution in [-0.2, 0) is 9.53 Å². The number of carbonyl (C=O) groups is 1. The van der Waals surface area contributed by atoms with Crippen LogP contribution >= 0.6 is 11.6 Å². The molecule has 222 valence electrons. The van der Waals surface area contributed by atoms with E-state index < -0.39 is 23.4 Å². The number of ether oxygens (including phenoxy) is 1. The maximum absolute atomic E-state index is 14.7. The van der Waals surface area contributed by atoms with Gasteiger partial charge in [-0.05, 0) is 73.9 Å². The molecule has 2 atom stereocenters. The van der Waals surface area contributed by atoms with Crippen molar-refractivity contribution in [3.63, 3.8) is 0 Å². The summed E-state index contributed by atoms with van der Waals surface area (Å²) >= 11 is 6.36. The molecule has 0 heterocycles. The van der Waals surface area contributed by atoms with Gasteiger partial charge in [0.2, 0.25) is 0 Å². The minimum absolute atomic E-state index is 0.0424. The Hall–Kier alpha value is -2.55. The van der Waals surface area contributed by atoms with Gasteiger partial charge in [-0.2, -0.15) is 0 Å². The van der Waals surface area contributed by atoms with E-state index in [2.05, 4.69) is 24.9 Å². The molecule has 9 heteroatoms. The number of aliphatic carboxylic acids is 1. The molecule has 0 amide bonds. The van der Waals surface area contributed by atoms with Crippen LogP contribution in [0.4, 0.5) is 13.2 Å². The monoisotopic (exact) mass is 582 g/mol. The number of carboxylic acids is 1. The van der Waals surface area contributed by atoms with Gasteiger partial charge in [0.25, 0.3) is 0 Å². The van der Waals surface area contributed by atoms with Crippen LogP contribution in [0.3, 0.4) is 0 Å². The summed E-state index contributed by atoms with van der Waals surface area (Å²) in [6.07, 6.45) is 9.25. The number of nitrogens with zero attached hydrogens (tertiary/aromatic N) is 1. The van der Waals surface area contributed by atoms with E-state index >= 15 is 0 Å². The van der Waals surface area contributed by atoms with Crippen LogP contribution < -0.4 is 5.32 Å². The zero-order chi connectivity index (χ0) is 30.0. The normalized spacial score (nSPS) is 20.3. The molecule has 0 aromatic rings. The molecular weight excluding hydrogens is 541 g/mol. The van der Waals surface area contributed by atoms with E-state index in [0.29, 0.717) is 43.4 Å². The molecule has 0 aromatic heterocycles. The van der Waals surface area contributed by atoms with Gasteiger partial charge in [0.05, 0.1) is 17.9 Å². The maximum atomic E-state index is 14.7. The predicted octanol–water partition coefficient (Wildman–Crippen LogP) is 7.67. The van der Waals surface area contributed by atoms with E-state index in [9.17, 15) is 18.0 Å². The minimum atomic E-state index is -1.37. The molecule has 2 unspecified atom stereocenters. The first-order valence-electron chi connectivity index (χ1n) is 13.6. The van der Waals surface area contributed by atoms with Crippen LogP contribution in [0.25, 0.3) is 0 Å². The summed E-state index contributed by atoms with van der Waals surface area (Å²) in [5.41, 5.74) is 2.30. The van der Waals surface area contributed by atoms with E-state index in [4.69, 9.17) is 21.4 Å². The van der Waals surface area contributed by atoms with Crippen molar-refractivity contribution in [2.45, 2.75) is 52.9 Å². The third kappa shape index (κ3) is 8.98. The summed E-state index contributed by atoms with van der Waals surface area (Å²) in [5.74, 6) is -4.40. The Morgan fingerprint density at radius 3 is 2.58 bits per heavy atom. The summed E-state index contributed by atoms with van der Waals surface area (Å²) in [4.78, 5) is 13.1. The molecule has 2 aliphatic carbocycles. The number of carboxylic acid groups (broad SMARTS) is 1. The third-order valence-electron chi connectivity index (χ3n) is 7.60. The number of hydrogen-bond acceptors (Lipinski definition) is 4. The highest BCUT2D eigenvalue weighted by atomic mass is 35.5. The highest BCUT2D eigenvalue weighted by Crippen LogP contribution is 2.40. The molecule has 2 N–H and O–H groups in total. The fraction of sp³-hybridized carbons (Fsp3) is 0.516. The van der Waals surface area contributed by atoms with Gasteiger partial charge in [-0.25, -0.2) is 18.0 Å². The molecule has 0 fully saturated rings. The lowest BCUT2D eigenvalue weighted by molar-refractivity contribution is -0.132. The van der Waals surface area contributed by atoms with Crippen LogP contribution in [0.1, 0.15) is 52.9 Å². The van der Waals surface area contributed by atoms with Crippen molar-refractivity contribution in [1.29, 1.82) is 0 Å². The van der Waals surface area contributed by atoms with Gasteiger partial charge in [0.15, 0.2) is 11.7 Å². The topological polar surface area (TPSA) is 61.8 Å². The number of rotatable bonds is 15. The van der Waals surface area contributed by atoms with Crippen molar-refractivity contribution >= 4 is 17.6 Å². The molecule has 0 radical (unpaired) electrons. The van der Waals surface area contributed by atoms with Crippen LogP contribution in [0.15, 0.2) is 81.4 Å². The number of likely N-dealkylation sites (N-methyl/N-ethyl adjacent to an activating group) is 1. The number of allylic oxidation sites excluding steroid dienone is 8. The van der Waals surface area contributed by atoms with Crippen LogP contribution in [0.5, 0.6) is 0 Å². The maximum Gasteiger partial charge on any atom is 0.335 e. The molecule has 40 heavy (non-hydrogen) atoms. The second-order valence-electron chi connectivity index (χ2n) is 10.7. The van der Waals surface area contributed by atoms with Gasteiger partial charge in [-0.3, -0.25) is 0 Å². The predicted molar refractivity (Wildman–Crippen MR) is 156 cm³/mol. The molecule has 0 spiro atoms. The highest BCUT2D eigenvalue weighted by Gasteiger charge is 2.31. The Labute approximate surface area is 241 Å². The first-order chi connectivity index (χ1) is 18.9. The smallest absolute Gasteiger partial charge is 0.335 e. The van der Waals surface area contributed by atoms with Crippen molar-refractivity contribution in [1.82, 2.24) is 10.2 Å². The van der Waals surface area contributed by atoms with Gasteiger partial charge < -0.3 is 20.1 Å². The lowest BCUT2D eigenvalue weighted by Crippen LogP contribution is -2.40. The molecule has 2 aliphatic rings. The van der Waals surface area contributed by atoms with Gasteiger partial charge in [0, 0.05) is 44.1 Å². The van der Waals surface area contributed by atoms with Crippen LogP contribution in [0, 0.1) is 11.3 Å². The SMILES string of the molecule is C=C(/C=C\C(=C(/C)Cl)N(C)CC(CC)(CCNCC1=C(C2=C(F)C(F)=C(F)CC2)CC(C)C=C1)COC)C(=O)O. The summed E-state index contributed by atoms with van der Waals surface area (Å²) in [7, 11) is 3.56. The van der Waals surface area contributed by atoms with Crippen molar-refractivity contribution in [2.24, 2.45) is 11.3 Å². The largest absolute Gasteiger partial charge is 0.478 e. The highest BCUT2D eigenvalue weighted by molar-refractivity contribution is 6.29. The van der Waals surface area contributed by atoms with Crippen molar-refractivity contribution in [2.75, 3.05) is 40.4 Å². The third-order valence-corrected chi connectivity index (χ3v) is 7.79. The van der Waals surface area contributed by atoms with E-state index in [1.165, 1.54) is 6.08 Å². The quantitative estimate of drug-likeness (QED) is 0.118. The Balaban J connectivity index is 2.17. The first kappa shape index (κ1) is 33.7. The number of halogens is 4. The molecule has 0 saturated carbocycles. The van der Waals surface area contributed by atoms with E-state index in [1.807, 2.05) is 24.9 Å². The Bertz CT molecular complexity index is 1150. The lowest BCUT2D eigenvalue weighted by Gasteiger charge is -2.37. The van der Waals surface area contributed by atoms with E-state index in [0.717, 1.165) is 24.0 Å².